The molecule has 0 unspecified atom stereocenters. The molecule has 0 amide bonds. The summed E-state index contributed by atoms with van der Waals surface area (Å²) >= 11 is 6.45. The zero-order valence-electron chi connectivity index (χ0n) is 15.8. The van der Waals surface area contributed by atoms with Gasteiger partial charge in [0.25, 0.3) is 0 Å². The third-order valence-corrected chi connectivity index (χ3v) is 5.63. The Morgan fingerprint density at radius 3 is 2.68 bits per heavy atom. The normalized spacial score (nSPS) is 13.5. The number of benzene rings is 2. The van der Waals surface area contributed by atoms with Gasteiger partial charge in [-0.2, -0.15) is 0 Å². The fourth-order valence-electron chi connectivity index (χ4n) is 3.90. The molecule has 0 aliphatic heterocycles. The van der Waals surface area contributed by atoms with E-state index in [4.69, 9.17) is 21.1 Å². The molecule has 1 aliphatic rings. The summed E-state index contributed by atoms with van der Waals surface area (Å²) in [6.07, 6.45) is 2.22. The first-order chi connectivity index (χ1) is 13.5. The molecule has 0 saturated carbocycles. The van der Waals surface area contributed by atoms with E-state index in [1.807, 2.05) is 22.8 Å². The quantitative estimate of drug-likeness (QED) is 0.601. The van der Waals surface area contributed by atoms with Crippen LogP contribution in [-0.2, 0) is 17.7 Å². The van der Waals surface area contributed by atoms with Crippen molar-refractivity contribution in [1.29, 1.82) is 0 Å². The molecular formula is C22H20ClNO4. The van der Waals surface area contributed by atoms with Crippen LogP contribution in [0.2, 0.25) is 5.02 Å². The van der Waals surface area contributed by atoms with E-state index in [1.54, 1.807) is 25.3 Å². The first-order valence-electron chi connectivity index (χ1n) is 9.12. The summed E-state index contributed by atoms with van der Waals surface area (Å²) in [7, 11) is 2.95. The monoisotopic (exact) mass is 397 g/mol. The number of halogens is 1. The van der Waals surface area contributed by atoms with Crippen LogP contribution in [0.3, 0.4) is 0 Å². The van der Waals surface area contributed by atoms with Crippen LogP contribution in [0.4, 0.5) is 0 Å². The molecule has 4 rings (SSSR count). The molecule has 0 bridgehead atoms. The molecule has 0 radical (unpaired) electrons. The Hall–Kier alpha value is -2.79. The summed E-state index contributed by atoms with van der Waals surface area (Å²) in [6, 6.07) is 11.0. The molecule has 1 heterocycles. The first-order valence-corrected chi connectivity index (χ1v) is 9.50. The number of hydrogen-bond acceptors (Lipinski definition) is 4. The van der Waals surface area contributed by atoms with E-state index in [1.165, 1.54) is 7.11 Å². The highest BCUT2D eigenvalue weighted by Crippen LogP contribution is 2.34. The molecule has 0 spiro atoms. The Labute approximate surface area is 167 Å². The SMILES string of the molecule is COC(=O)c1ccc2c3c(n(Cc4ccc(OC)cc4Cl)c2c1)C(=O)CCC3. The van der Waals surface area contributed by atoms with E-state index in [-0.39, 0.29) is 5.78 Å². The molecule has 28 heavy (non-hydrogen) atoms. The number of aryl methyl sites for hydroxylation is 1. The molecule has 1 aliphatic carbocycles. The largest absolute Gasteiger partial charge is 0.497 e. The molecule has 5 nitrogen and oxygen atoms in total. The third kappa shape index (κ3) is 3.06. The Morgan fingerprint density at radius 1 is 1.14 bits per heavy atom. The van der Waals surface area contributed by atoms with Gasteiger partial charge < -0.3 is 14.0 Å². The minimum absolute atomic E-state index is 0.127. The summed E-state index contributed by atoms with van der Waals surface area (Å²) in [4.78, 5) is 24.8. The maximum absolute atomic E-state index is 12.8. The van der Waals surface area contributed by atoms with E-state index in [9.17, 15) is 9.59 Å². The van der Waals surface area contributed by atoms with Crippen molar-refractivity contribution in [3.05, 3.63) is 63.8 Å². The summed E-state index contributed by atoms with van der Waals surface area (Å²) in [5.74, 6) is 0.403. The number of carbonyl (C=O) groups excluding carboxylic acids is 2. The van der Waals surface area contributed by atoms with Crippen molar-refractivity contribution in [3.8, 4) is 5.75 Å². The maximum Gasteiger partial charge on any atom is 0.337 e. The van der Waals surface area contributed by atoms with Crippen LogP contribution in [0.25, 0.3) is 10.9 Å². The first kappa shape index (κ1) is 18.6. The lowest BCUT2D eigenvalue weighted by Gasteiger charge is -2.16. The molecule has 0 saturated heterocycles. The molecule has 144 valence electrons. The Balaban J connectivity index is 1.91. The van der Waals surface area contributed by atoms with Crippen molar-refractivity contribution in [2.24, 2.45) is 0 Å². The van der Waals surface area contributed by atoms with E-state index in [0.29, 0.717) is 29.3 Å². The van der Waals surface area contributed by atoms with Crippen LogP contribution < -0.4 is 4.74 Å². The number of rotatable bonds is 4. The predicted octanol–water partition coefficient (Wildman–Crippen LogP) is 4.66. The topological polar surface area (TPSA) is 57.5 Å². The van der Waals surface area contributed by atoms with Gasteiger partial charge in [-0.15, -0.1) is 0 Å². The second-order valence-electron chi connectivity index (χ2n) is 6.87. The van der Waals surface area contributed by atoms with Crippen LogP contribution in [-0.4, -0.2) is 30.5 Å². The number of fused-ring (bicyclic) bond motifs is 3. The van der Waals surface area contributed by atoms with E-state index in [0.717, 1.165) is 40.6 Å². The number of esters is 1. The van der Waals surface area contributed by atoms with Gasteiger partial charge in [0, 0.05) is 23.4 Å². The van der Waals surface area contributed by atoms with Gasteiger partial charge in [-0.05, 0) is 48.2 Å². The molecule has 6 heteroatoms. The average Bonchev–Trinajstić information content (AvgIpc) is 3.03. The van der Waals surface area contributed by atoms with Gasteiger partial charge in [0.05, 0.1) is 31.0 Å². The lowest BCUT2D eigenvalue weighted by atomic mass is 9.94. The fraction of sp³-hybridized carbons (Fsp3) is 0.273. The summed E-state index contributed by atoms with van der Waals surface area (Å²) < 4.78 is 12.1. The van der Waals surface area contributed by atoms with Gasteiger partial charge in [-0.1, -0.05) is 23.7 Å². The molecule has 0 fully saturated rings. The van der Waals surface area contributed by atoms with Crippen molar-refractivity contribution in [1.82, 2.24) is 4.57 Å². The predicted molar refractivity (Wildman–Crippen MR) is 108 cm³/mol. The van der Waals surface area contributed by atoms with Crippen LogP contribution in [0.5, 0.6) is 5.75 Å². The standard InChI is InChI=1S/C22H20ClNO4/c1-27-15-8-6-14(18(23)11-15)12-24-19-10-13(22(26)28-2)7-9-16(19)17-4-3-5-20(25)21(17)24/h6-11H,3-5,12H2,1-2H3. The molecular weight excluding hydrogens is 378 g/mol. The Bertz CT molecular complexity index is 1100. The van der Waals surface area contributed by atoms with Crippen molar-refractivity contribution in [2.75, 3.05) is 14.2 Å². The van der Waals surface area contributed by atoms with Crippen LogP contribution in [0.15, 0.2) is 36.4 Å². The average molecular weight is 398 g/mol. The minimum Gasteiger partial charge on any atom is -0.497 e. The van der Waals surface area contributed by atoms with Gasteiger partial charge in [0.1, 0.15) is 5.75 Å². The summed E-state index contributed by atoms with van der Waals surface area (Å²) in [5, 5.41) is 1.57. The van der Waals surface area contributed by atoms with Crippen LogP contribution in [0, 0.1) is 0 Å². The van der Waals surface area contributed by atoms with Crippen molar-refractivity contribution in [3.63, 3.8) is 0 Å². The van der Waals surface area contributed by atoms with E-state index < -0.39 is 5.97 Å². The zero-order valence-corrected chi connectivity index (χ0v) is 16.5. The molecule has 2 aromatic carbocycles. The number of hydrogen-bond donors (Lipinski definition) is 0. The van der Waals surface area contributed by atoms with E-state index in [2.05, 4.69) is 0 Å². The number of aromatic nitrogens is 1. The van der Waals surface area contributed by atoms with Gasteiger partial charge in [0.15, 0.2) is 5.78 Å². The molecule has 0 N–H and O–H groups in total. The van der Waals surface area contributed by atoms with Gasteiger partial charge in [-0.3, -0.25) is 4.79 Å². The van der Waals surface area contributed by atoms with Gasteiger partial charge >= 0.3 is 5.97 Å². The highest BCUT2D eigenvalue weighted by atomic mass is 35.5. The van der Waals surface area contributed by atoms with Gasteiger partial charge in [-0.25, -0.2) is 4.79 Å². The zero-order chi connectivity index (χ0) is 19.8. The highest BCUT2D eigenvalue weighted by molar-refractivity contribution is 6.31. The second kappa shape index (κ2) is 7.32. The highest BCUT2D eigenvalue weighted by Gasteiger charge is 2.27. The number of carbonyl (C=O) groups is 2. The molecule has 0 atom stereocenters. The van der Waals surface area contributed by atoms with Gasteiger partial charge in [0.2, 0.25) is 0 Å². The Morgan fingerprint density at radius 2 is 1.96 bits per heavy atom. The molecule has 3 aromatic rings. The number of methoxy groups -OCH3 is 2. The second-order valence-corrected chi connectivity index (χ2v) is 7.28. The fourth-order valence-corrected chi connectivity index (χ4v) is 4.13. The number of nitrogens with zero attached hydrogens (tertiary/aromatic N) is 1. The van der Waals surface area contributed by atoms with Crippen molar-refractivity contribution in [2.45, 2.75) is 25.8 Å². The number of ether oxygens (including phenoxy) is 2. The van der Waals surface area contributed by atoms with Crippen LogP contribution in [0.1, 0.15) is 44.8 Å². The van der Waals surface area contributed by atoms with Crippen molar-refractivity contribution < 1.29 is 19.1 Å². The number of ketones is 1. The lowest BCUT2D eigenvalue weighted by Crippen LogP contribution is -2.16. The minimum atomic E-state index is -0.401. The Kier molecular flexibility index (Phi) is 4.85. The summed E-state index contributed by atoms with van der Waals surface area (Å²) in [5.41, 5.74) is 3.95. The number of Topliss-reactive ketones (excluding diaryl/α,β-unsaturated/α-hetero) is 1. The lowest BCUT2D eigenvalue weighted by molar-refractivity contribution is 0.0600. The van der Waals surface area contributed by atoms with Crippen molar-refractivity contribution >= 4 is 34.3 Å². The maximum atomic E-state index is 12.8. The third-order valence-electron chi connectivity index (χ3n) is 5.27. The van der Waals surface area contributed by atoms with E-state index >= 15 is 0 Å². The van der Waals surface area contributed by atoms with Crippen LogP contribution >= 0.6 is 11.6 Å². The molecule has 1 aromatic heterocycles. The smallest absolute Gasteiger partial charge is 0.337 e. The summed E-state index contributed by atoms with van der Waals surface area (Å²) in [6.45, 7) is 0.436.